The number of benzene rings is 1. The molecule has 4 nitrogen and oxygen atoms in total. The molecule has 0 aliphatic rings. The Morgan fingerprint density at radius 1 is 1.24 bits per heavy atom. The first kappa shape index (κ1) is 18.4. The van der Waals surface area contributed by atoms with Crippen LogP contribution in [0.3, 0.4) is 0 Å². The lowest BCUT2D eigenvalue weighted by Gasteiger charge is -2.28. The van der Waals surface area contributed by atoms with Crippen molar-refractivity contribution in [1.82, 2.24) is 4.90 Å². The van der Waals surface area contributed by atoms with Gasteiger partial charge in [0.05, 0.1) is 25.4 Å². The maximum absolute atomic E-state index is 10.1. The van der Waals surface area contributed by atoms with Gasteiger partial charge in [-0.15, -0.1) is 0 Å². The van der Waals surface area contributed by atoms with Crippen LogP contribution in [0.5, 0.6) is 0 Å². The molecule has 0 spiro atoms. The second-order valence-electron chi connectivity index (χ2n) is 5.39. The Morgan fingerprint density at radius 2 is 1.90 bits per heavy atom. The van der Waals surface area contributed by atoms with Gasteiger partial charge >= 0.3 is 0 Å². The highest BCUT2D eigenvalue weighted by Crippen LogP contribution is 2.26. The van der Waals surface area contributed by atoms with Gasteiger partial charge in [-0.05, 0) is 32.5 Å². The smallest absolute Gasteiger partial charge is 0.0900 e. The number of ether oxygens (including phenoxy) is 2. The highest BCUT2D eigenvalue weighted by atomic mass is 35.5. The standard InChI is InChI=1S/C16H26ClNO3/c1-12(10-20-4)21-11-14(19)9-18(3)13(2)15-7-5-6-8-16(15)17/h5-8,12-14,19H,9-11H2,1-4H3. The molecule has 1 N–H and O–H groups in total. The molecule has 1 aromatic carbocycles. The van der Waals surface area contributed by atoms with Gasteiger partial charge in [0.1, 0.15) is 0 Å². The number of methoxy groups -OCH3 is 1. The van der Waals surface area contributed by atoms with Gasteiger partial charge in [-0.25, -0.2) is 0 Å². The molecule has 120 valence electrons. The van der Waals surface area contributed by atoms with Crippen molar-refractivity contribution in [3.63, 3.8) is 0 Å². The van der Waals surface area contributed by atoms with Gasteiger partial charge in [0.2, 0.25) is 0 Å². The van der Waals surface area contributed by atoms with E-state index in [4.69, 9.17) is 21.1 Å². The Labute approximate surface area is 132 Å². The molecule has 0 radical (unpaired) electrons. The molecule has 1 aromatic rings. The van der Waals surface area contributed by atoms with Crippen LogP contribution in [0.1, 0.15) is 25.5 Å². The molecule has 21 heavy (non-hydrogen) atoms. The molecule has 3 atom stereocenters. The lowest BCUT2D eigenvalue weighted by atomic mass is 10.1. The van der Waals surface area contributed by atoms with E-state index in [2.05, 4.69) is 11.8 Å². The molecule has 0 saturated heterocycles. The van der Waals surface area contributed by atoms with Crippen molar-refractivity contribution in [3.05, 3.63) is 34.9 Å². The fraction of sp³-hybridized carbons (Fsp3) is 0.625. The molecule has 1 rings (SSSR count). The molecule has 0 aliphatic carbocycles. The van der Waals surface area contributed by atoms with E-state index in [1.165, 1.54) is 0 Å². The zero-order chi connectivity index (χ0) is 15.8. The number of aliphatic hydroxyl groups excluding tert-OH is 1. The fourth-order valence-electron chi connectivity index (χ4n) is 2.15. The van der Waals surface area contributed by atoms with Gasteiger partial charge in [0.15, 0.2) is 0 Å². The SMILES string of the molecule is COCC(C)OCC(O)CN(C)C(C)c1ccccc1Cl. The maximum atomic E-state index is 10.1. The number of nitrogens with zero attached hydrogens (tertiary/aromatic N) is 1. The molecule has 0 bridgehead atoms. The lowest BCUT2D eigenvalue weighted by Crippen LogP contribution is -2.35. The third kappa shape index (κ3) is 6.32. The average Bonchev–Trinajstić information content (AvgIpc) is 2.45. The highest BCUT2D eigenvalue weighted by molar-refractivity contribution is 6.31. The van der Waals surface area contributed by atoms with Crippen molar-refractivity contribution < 1.29 is 14.6 Å². The monoisotopic (exact) mass is 315 g/mol. The van der Waals surface area contributed by atoms with Crippen LogP contribution < -0.4 is 0 Å². The molecule has 0 fully saturated rings. The van der Waals surface area contributed by atoms with Gasteiger partial charge in [0.25, 0.3) is 0 Å². The highest BCUT2D eigenvalue weighted by Gasteiger charge is 2.18. The average molecular weight is 316 g/mol. The van der Waals surface area contributed by atoms with E-state index < -0.39 is 6.10 Å². The Hall–Kier alpha value is -0.650. The fourth-order valence-corrected chi connectivity index (χ4v) is 2.45. The van der Waals surface area contributed by atoms with Crippen LogP contribution in [0.15, 0.2) is 24.3 Å². The Balaban J connectivity index is 2.45. The zero-order valence-corrected chi connectivity index (χ0v) is 14.0. The molecule has 0 amide bonds. The Bertz CT molecular complexity index is 416. The van der Waals surface area contributed by atoms with E-state index in [1.807, 2.05) is 38.2 Å². The number of hydrogen-bond donors (Lipinski definition) is 1. The van der Waals surface area contributed by atoms with Gasteiger partial charge in [0, 0.05) is 24.7 Å². The topological polar surface area (TPSA) is 41.9 Å². The van der Waals surface area contributed by atoms with Crippen LogP contribution in [0.25, 0.3) is 0 Å². The van der Waals surface area contributed by atoms with E-state index in [0.717, 1.165) is 10.6 Å². The van der Waals surface area contributed by atoms with Crippen molar-refractivity contribution >= 4 is 11.6 Å². The zero-order valence-electron chi connectivity index (χ0n) is 13.3. The first-order valence-electron chi connectivity index (χ1n) is 7.19. The minimum atomic E-state index is -0.542. The van der Waals surface area contributed by atoms with Crippen molar-refractivity contribution in [2.24, 2.45) is 0 Å². The lowest BCUT2D eigenvalue weighted by molar-refractivity contribution is -0.0402. The van der Waals surface area contributed by atoms with Gasteiger partial charge < -0.3 is 14.6 Å². The first-order chi connectivity index (χ1) is 9.95. The van der Waals surface area contributed by atoms with Gasteiger partial charge in [-0.3, -0.25) is 4.90 Å². The Kier molecular flexibility index (Phi) is 8.22. The van der Waals surface area contributed by atoms with Crippen LogP contribution in [0, 0.1) is 0 Å². The minimum Gasteiger partial charge on any atom is -0.389 e. The van der Waals surface area contributed by atoms with Crippen molar-refractivity contribution in [2.75, 3.05) is 33.9 Å². The Morgan fingerprint density at radius 3 is 2.52 bits per heavy atom. The number of hydrogen-bond acceptors (Lipinski definition) is 4. The predicted octanol–water partition coefficient (Wildman–Crippen LogP) is 2.75. The van der Waals surface area contributed by atoms with Crippen LogP contribution in [0.4, 0.5) is 0 Å². The number of rotatable bonds is 9. The molecule has 0 heterocycles. The largest absolute Gasteiger partial charge is 0.389 e. The summed E-state index contributed by atoms with van der Waals surface area (Å²) in [5, 5.41) is 10.8. The number of likely N-dealkylation sites (N-methyl/N-ethyl adjacent to an activating group) is 1. The van der Waals surface area contributed by atoms with E-state index in [0.29, 0.717) is 19.8 Å². The van der Waals surface area contributed by atoms with E-state index >= 15 is 0 Å². The summed E-state index contributed by atoms with van der Waals surface area (Å²) in [6, 6.07) is 7.90. The van der Waals surface area contributed by atoms with Crippen LogP contribution in [-0.2, 0) is 9.47 Å². The van der Waals surface area contributed by atoms with Crippen LogP contribution in [-0.4, -0.2) is 56.1 Å². The maximum Gasteiger partial charge on any atom is 0.0900 e. The molecular formula is C16H26ClNO3. The van der Waals surface area contributed by atoms with Crippen molar-refractivity contribution in [2.45, 2.75) is 32.1 Å². The van der Waals surface area contributed by atoms with Gasteiger partial charge in [-0.1, -0.05) is 29.8 Å². The van der Waals surface area contributed by atoms with E-state index in [9.17, 15) is 5.11 Å². The normalized spacial score (nSPS) is 16.0. The van der Waals surface area contributed by atoms with Crippen molar-refractivity contribution in [3.8, 4) is 0 Å². The summed E-state index contributed by atoms with van der Waals surface area (Å²) in [5.74, 6) is 0. The molecule has 0 saturated carbocycles. The second kappa shape index (κ2) is 9.38. The molecule has 3 unspecified atom stereocenters. The summed E-state index contributed by atoms with van der Waals surface area (Å²) in [7, 11) is 3.60. The number of halogens is 1. The molecule has 0 aromatic heterocycles. The third-order valence-electron chi connectivity index (χ3n) is 3.49. The minimum absolute atomic E-state index is 0.0176. The number of aliphatic hydroxyl groups is 1. The summed E-state index contributed by atoms with van der Waals surface area (Å²) in [5.41, 5.74) is 1.06. The quantitative estimate of drug-likeness (QED) is 0.761. The van der Waals surface area contributed by atoms with Crippen molar-refractivity contribution in [1.29, 1.82) is 0 Å². The van der Waals surface area contributed by atoms with Gasteiger partial charge in [-0.2, -0.15) is 0 Å². The first-order valence-corrected chi connectivity index (χ1v) is 7.56. The summed E-state index contributed by atoms with van der Waals surface area (Å²) in [6.45, 7) is 5.34. The summed E-state index contributed by atoms with van der Waals surface area (Å²) in [4.78, 5) is 2.07. The second-order valence-corrected chi connectivity index (χ2v) is 5.80. The third-order valence-corrected chi connectivity index (χ3v) is 3.83. The van der Waals surface area contributed by atoms with Crippen LogP contribution >= 0.6 is 11.6 Å². The van der Waals surface area contributed by atoms with Crippen LogP contribution in [0.2, 0.25) is 5.02 Å². The summed E-state index contributed by atoms with van der Waals surface area (Å²) < 4.78 is 10.5. The van der Waals surface area contributed by atoms with E-state index in [-0.39, 0.29) is 12.1 Å². The van der Waals surface area contributed by atoms with E-state index in [1.54, 1.807) is 7.11 Å². The predicted molar refractivity (Wildman–Crippen MR) is 85.8 cm³/mol. The summed E-state index contributed by atoms with van der Waals surface area (Å²) >= 11 is 6.21. The summed E-state index contributed by atoms with van der Waals surface area (Å²) in [6.07, 6.45) is -0.560. The molecular weight excluding hydrogens is 290 g/mol. The molecule has 0 aliphatic heterocycles. The molecule has 5 heteroatoms.